The normalized spacial score (nSPS) is 14.4. The lowest BCUT2D eigenvalue weighted by Gasteiger charge is -2.10. The van der Waals surface area contributed by atoms with E-state index in [1.165, 1.54) is 18.2 Å². The van der Waals surface area contributed by atoms with Crippen molar-refractivity contribution in [3.63, 3.8) is 0 Å². The number of rotatable bonds is 4. The van der Waals surface area contributed by atoms with E-state index in [-0.39, 0.29) is 5.75 Å². The molecule has 0 atom stereocenters. The summed E-state index contributed by atoms with van der Waals surface area (Å²) < 4.78 is 43.5. The Kier molecular flexibility index (Phi) is 3.82. The number of imidazole rings is 1. The highest BCUT2D eigenvalue weighted by atomic mass is 19.4. The topological polar surface area (TPSA) is 66.0 Å². The van der Waals surface area contributed by atoms with Gasteiger partial charge in [0.2, 0.25) is 0 Å². The average molecular weight is 360 g/mol. The van der Waals surface area contributed by atoms with Crippen LogP contribution in [0.15, 0.2) is 48.8 Å². The molecule has 0 bridgehead atoms. The van der Waals surface area contributed by atoms with Crippen LogP contribution in [-0.2, 0) is 0 Å². The quantitative estimate of drug-likeness (QED) is 0.748. The molecule has 3 aromatic rings. The Morgan fingerprint density at radius 3 is 2.58 bits per heavy atom. The number of hydrogen-bond donors (Lipinski definition) is 1. The fraction of sp³-hybridized carbons (Fsp3) is 0.222. The summed E-state index contributed by atoms with van der Waals surface area (Å²) in [6, 6.07) is 9.66. The number of hydrogen-bond acceptors (Lipinski definition) is 4. The first-order valence-corrected chi connectivity index (χ1v) is 8.06. The van der Waals surface area contributed by atoms with Crippen LogP contribution in [0.25, 0.3) is 22.6 Å². The van der Waals surface area contributed by atoms with Gasteiger partial charge in [-0.05, 0) is 37.1 Å². The predicted molar refractivity (Wildman–Crippen MR) is 90.3 cm³/mol. The van der Waals surface area contributed by atoms with Gasteiger partial charge in [-0.25, -0.2) is 9.97 Å². The molecule has 0 radical (unpaired) electrons. The molecular formula is C18H15F3N4O. The minimum atomic E-state index is -4.73. The summed E-state index contributed by atoms with van der Waals surface area (Å²) in [5.41, 5.74) is 7.67. The van der Waals surface area contributed by atoms with Gasteiger partial charge in [0.1, 0.15) is 17.4 Å². The van der Waals surface area contributed by atoms with Gasteiger partial charge >= 0.3 is 6.36 Å². The Morgan fingerprint density at radius 1 is 1.12 bits per heavy atom. The van der Waals surface area contributed by atoms with Crippen LogP contribution in [-0.4, -0.2) is 20.9 Å². The number of pyridine rings is 1. The van der Waals surface area contributed by atoms with Crippen LogP contribution < -0.4 is 10.5 Å². The molecule has 0 aliphatic heterocycles. The van der Waals surface area contributed by atoms with Gasteiger partial charge in [-0.2, -0.15) is 0 Å². The summed E-state index contributed by atoms with van der Waals surface area (Å²) in [4.78, 5) is 8.69. The third-order valence-corrected chi connectivity index (χ3v) is 4.08. The number of alkyl halides is 3. The van der Waals surface area contributed by atoms with Crippen molar-refractivity contribution >= 4 is 5.82 Å². The highest BCUT2D eigenvalue weighted by molar-refractivity contribution is 5.66. The molecule has 2 N–H and O–H groups in total. The van der Waals surface area contributed by atoms with Gasteiger partial charge in [-0.1, -0.05) is 12.1 Å². The monoisotopic (exact) mass is 360 g/mol. The maximum Gasteiger partial charge on any atom is 0.573 e. The van der Waals surface area contributed by atoms with Crippen molar-refractivity contribution in [1.29, 1.82) is 0 Å². The van der Waals surface area contributed by atoms with Crippen molar-refractivity contribution in [1.82, 2.24) is 14.5 Å². The molecule has 26 heavy (non-hydrogen) atoms. The van der Waals surface area contributed by atoms with Gasteiger partial charge in [0.15, 0.2) is 0 Å². The molecule has 2 aromatic heterocycles. The Balaban J connectivity index is 1.74. The Hall–Kier alpha value is -3.03. The van der Waals surface area contributed by atoms with Gasteiger partial charge in [0.05, 0.1) is 5.69 Å². The van der Waals surface area contributed by atoms with E-state index in [0.717, 1.165) is 18.4 Å². The zero-order valence-electron chi connectivity index (χ0n) is 13.6. The lowest BCUT2D eigenvalue weighted by atomic mass is 10.2. The van der Waals surface area contributed by atoms with Crippen LogP contribution >= 0.6 is 0 Å². The predicted octanol–water partition coefficient (Wildman–Crippen LogP) is 4.43. The number of nitrogens with zero attached hydrogens (tertiary/aromatic N) is 3. The molecular weight excluding hydrogens is 345 g/mol. The molecule has 4 rings (SSSR count). The van der Waals surface area contributed by atoms with E-state index in [0.29, 0.717) is 28.9 Å². The molecule has 0 amide bonds. The van der Waals surface area contributed by atoms with E-state index >= 15 is 0 Å². The maximum absolute atomic E-state index is 12.5. The van der Waals surface area contributed by atoms with Crippen LogP contribution in [0.2, 0.25) is 0 Å². The Morgan fingerprint density at radius 2 is 1.92 bits per heavy atom. The smallest absolute Gasteiger partial charge is 0.406 e. The van der Waals surface area contributed by atoms with E-state index in [9.17, 15) is 13.2 Å². The van der Waals surface area contributed by atoms with Gasteiger partial charge in [0.25, 0.3) is 0 Å². The molecule has 1 aromatic carbocycles. The van der Waals surface area contributed by atoms with Gasteiger partial charge in [0, 0.05) is 29.6 Å². The molecule has 1 aliphatic rings. The van der Waals surface area contributed by atoms with E-state index in [4.69, 9.17) is 5.73 Å². The highest BCUT2D eigenvalue weighted by Gasteiger charge is 2.32. The molecule has 1 aliphatic carbocycles. The minimum Gasteiger partial charge on any atom is -0.406 e. The van der Waals surface area contributed by atoms with Crippen LogP contribution in [0.1, 0.15) is 18.9 Å². The molecule has 1 fully saturated rings. The Labute approximate surface area is 147 Å². The summed E-state index contributed by atoms with van der Waals surface area (Å²) in [6.07, 6.45) is 0.827. The summed E-state index contributed by atoms with van der Waals surface area (Å²) in [5, 5.41) is 0. The summed E-state index contributed by atoms with van der Waals surface area (Å²) >= 11 is 0. The van der Waals surface area contributed by atoms with E-state index < -0.39 is 6.36 Å². The fourth-order valence-electron chi connectivity index (χ4n) is 2.77. The number of benzene rings is 1. The molecule has 2 heterocycles. The number of aromatic nitrogens is 3. The summed E-state index contributed by atoms with van der Waals surface area (Å²) in [6.45, 7) is 0. The number of nitrogen functional groups attached to an aromatic ring is 1. The molecule has 0 spiro atoms. The van der Waals surface area contributed by atoms with Crippen LogP contribution in [0, 0.1) is 0 Å². The van der Waals surface area contributed by atoms with Crippen molar-refractivity contribution in [2.24, 2.45) is 0 Å². The van der Waals surface area contributed by atoms with Gasteiger partial charge in [-0.15, -0.1) is 13.2 Å². The molecule has 0 unspecified atom stereocenters. The third-order valence-electron chi connectivity index (χ3n) is 4.08. The van der Waals surface area contributed by atoms with Gasteiger partial charge < -0.3 is 15.0 Å². The molecule has 1 saturated carbocycles. The first-order chi connectivity index (χ1) is 12.4. The molecule has 5 nitrogen and oxygen atoms in total. The molecule has 8 heteroatoms. The van der Waals surface area contributed by atoms with Gasteiger partial charge in [-0.3, -0.25) is 0 Å². The fourth-order valence-corrected chi connectivity index (χ4v) is 2.77. The second-order valence-corrected chi connectivity index (χ2v) is 6.14. The highest BCUT2D eigenvalue weighted by Crippen LogP contribution is 2.40. The lowest BCUT2D eigenvalue weighted by Crippen LogP contribution is -2.17. The summed E-state index contributed by atoms with van der Waals surface area (Å²) in [7, 11) is 0. The van der Waals surface area contributed by atoms with Crippen molar-refractivity contribution in [3.8, 4) is 28.4 Å². The van der Waals surface area contributed by atoms with Crippen molar-refractivity contribution in [2.75, 3.05) is 5.73 Å². The largest absolute Gasteiger partial charge is 0.573 e. The number of nitrogens with two attached hydrogens (primary N) is 1. The third kappa shape index (κ3) is 3.49. The van der Waals surface area contributed by atoms with Crippen molar-refractivity contribution in [3.05, 3.63) is 48.8 Å². The SMILES string of the molecule is Nc1ccc(-c2cn(C3CC3)c(-c3cccc(OC(F)(F)F)c3)n2)cn1. The van der Waals surface area contributed by atoms with Crippen LogP contribution in [0.3, 0.4) is 0 Å². The van der Waals surface area contributed by atoms with Crippen LogP contribution in [0.4, 0.5) is 19.0 Å². The van der Waals surface area contributed by atoms with E-state index in [1.807, 2.05) is 16.8 Å². The van der Waals surface area contributed by atoms with E-state index in [1.54, 1.807) is 18.3 Å². The zero-order valence-corrected chi connectivity index (χ0v) is 13.6. The maximum atomic E-state index is 12.5. The first kappa shape index (κ1) is 16.4. The molecule has 134 valence electrons. The number of halogens is 3. The summed E-state index contributed by atoms with van der Waals surface area (Å²) in [5.74, 6) is 0.746. The van der Waals surface area contributed by atoms with Crippen molar-refractivity contribution < 1.29 is 17.9 Å². The zero-order chi connectivity index (χ0) is 18.3. The van der Waals surface area contributed by atoms with Crippen LogP contribution in [0.5, 0.6) is 5.75 Å². The van der Waals surface area contributed by atoms with Crippen molar-refractivity contribution in [2.45, 2.75) is 25.2 Å². The second kappa shape index (κ2) is 6.05. The molecule has 0 saturated heterocycles. The standard InChI is InChI=1S/C18H15F3N4O/c19-18(20,21)26-14-3-1-2-11(8-14)17-24-15(10-25(17)13-5-6-13)12-4-7-16(22)23-9-12/h1-4,7-10,13H,5-6H2,(H2,22,23). The lowest BCUT2D eigenvalue weighted by molar-refractivity contribution is -0.274. The minimum absolute atomic E-state index is 0.268. The number of ether oxygens (including phenoxy) is 1. The Bertz CT molecular complexity index is 930. The average Bonchev–Trinajstić information content (AvgIpc) is 3.33. The number of anilines is 1. The second-order valence-electron chi connectivity index (χ2n) is 6.14. The van der Waals surface area contributed by atoms with E-state index in [2.05, 4.69) is 14.7 Å². The first-order valence-electron chi connectivity index (χ1n) is 8.06.